The molecule has 1 aliphatic heterocycles. The second-order valence-corrected chi connectivity index (χ2v) is 5.31. The van der Waals surface area contributed by atoms with Crippen LogP contribution in [0.25, 0.3) is 0 Å². The minimum absolute atomic E-state index is 0.0282. The standard InChI is InChI=1S/C12H20ClNO2/c13-11(9-5-7-16-8-6-9)12(15)14-10-3-1-2-4-10/h9-11H,1-8H2,(H,14,15). The monoisotopic (exact) mass is 245 g/mol. The lowest BCUT2D eigenvalue weighted by Gasteiger charge is -2.26. The Bertz CT molecular complexity index is 235. The van der Waals surface area contributed by atoms with Gasteiger partial charge in [0.05, 0.1) is 0 Å². The first-order valence-corrected chi connectivity index (χ1v) is 6.73. The third kappa shape index (κ3) is 3.11. The quantitative estimate of drug-likeness (QED) is 0.774. The van der Waals surface area contributed by atoms with Crippen molar-refractivity contribution in [3.63, 3.8) is 0 Å². The van der Waals surface area contributed by atoms with Gasteiger partial charge in [-0.2, -0.15) is 0 Å². The third-order valence-electron chi connectivity index (χ3n) is 3.63. The summed E-state index contributed by atoms with van der Waals surface area (Å²) >= 11 is 6.22. The first-order valence-electron chi connectivity index (χ1n) is 6.29. The molecule has 0 bridgehead atoms. The van der Waals surface area contributed by atoms with Crippen LogP contribution in [-0.2, 0) is 9.53 Å². The summed E-state index contributed by atoms with van der Waals surface area (Å²) in [4.78, 5) is 11.9. The van der Waals surface area contributed by atoms with Gasteiger partial charge in [0, 0.05) is 19.3 Å². The Balaban J connectivity index is 1.78. The highest BCUT2D eigenvalue weighted by atomic mass is 35.5. The fourth-order valence-electron chi connectivity index (χ4n) is 2.57. The molecule has 92 valence electrons. The van der Waals surface area contributed by atoms with E-state index in [0.29, 0.717) is 6.04 Å². The van der Waals surface area contributed by atoms with Gasteiger partial charge in [-0.25, -0.2) is 0 Å². The molecule has 0 aromatic carbocycles. The highest BCUT2D eigenvalue weighted by Crippen LogP contribution is 2.24. The van der Waals surface area contributed by atoms with Gasteiger partial charge in [-0.15, -0.1) is 11.6 Å². The number of nitrogens with one attached hydrogen (secondary N) is 1. The smallest absolute Gasteiger partial charge is 0.238 e. The zero-order chi connectivity index (χ0) is 11.4. The van der Waals surface area contributed by atoms with E-state index in [2.05, 4.69) is 5.32 Å². The molecule has 3 nitrogen and oxygen atoms in total. The second-order valence-electron chi connectivity index (χ2n) is 4.84. The van der Waals surface area contributed by atoms with Crippen molar-refractivity contribution in [1.82, 2.24) is 5.32 Å². The normalized spacial score (nSPS) is 25.6. The molecule has 4 heteroatoms. The van der Waals surface area contributed by atoms with E-state index >= 15 is 0 Å². The van der Waals surface area contributed by atoms with Crippen LogP contribution in [0.3, 0.4) is 0 Å². The van der Waals surface area contributed by atoms with Gasteiger partial charge in [-0.05, 0) is 31.6 Å². The van der Waals surface area contributed by atoms with E-state index in [1.165, 1.54) is 12.8 Å². The zero-order valence-electron chi connectivity index (χ0n) is 9.58. The molecule has 1 aliphatic carbocycles. The van der Waals surface area contributed by atoms with Gasteiger partial charge in [0.1, 0.15) is 5.38 Å². The third-order valence-corrected chi connectivity index (χ3v) is 4.19. The van der Waals surface area contributed by atoms with Crippen LogP contribution in [-0.4, -0.2) is 30.5 Å². The van der Waals surface area contributed by atoms with Gasteiger partial charge in [0.15, 0.2) is 0 Å². The van der Waals surface area contributed by atoms with Crippen LogP contribution in [0.4, 0.5) is 0 Å². The van der Waals surface area contributed by atoms with Crippen molar-refractivity contribution in [2.75, 3.05) is 13.2 Å². The number of halogens is 1. The maximum atomic E-state index is 11.9. The minimum Gasteiger partial charge on any atom is -0.381 e. The van der Waals surface area contributed by atoms with Gasteiger partial charge >= 0.3 is 0 Å². The van der Waals surface area contributed by atoms with Crippen molar-refractivity contribution in [3.05, 3.63) is 0 Å². The van der Waals surface area contributed by atoms with Crippen molar-refractivity contribution in [3.8, 4) is 0 Å². The van der Waals surface area contributed by atoms with Gasteiger partial charge in [-0.1, -0.05) is 12.8 Å². The molecule has 0 aromatic rings. The van der Waals surface area contributed by atoms with Crippen LogP contribution in [0.5, 0.6) is 0 Å². The lowest BCUT2D eigenvalue weighted by atomic mass is 9.95. The number of ether oxygens (including phenoxy) is 1. The Labute approximate surface area is 102 Å². The SMILES string of the molecule is O=C(NC1CCCC1)C(Cl)C1CCOCC1. The second kappa shape index (κ2) is 5.87. The van der Waals surface area contributed by atoms with Gasteiger partial charge in [0.25, 0.3) is 0 Å². The molecule has 1 heterocycles. The molecule has 0 radical (unpaired) electrons. The molecule has 2 fully saturated rings. The highest BCUT2D eigenvalue weighted by molar-refractivity contribution is 6.31. The Morgan fingerprint density at radius 2 is 1.81 bits per heavy atom. The Kier molecular flexibility index (Phi) is 4.47. The van der Waals surface area contributed by atoms with Crippen molar-refractivity contribution < 1.29 is 9.53 Å². The Morgan fingerprint density at radius 1 is 1.19 bits per heavy atom. The number of rotatable bonds is 3. The molecule has 1 saturated heterocycles. The maximum absolute atomic E-state index is 11.9. The molecule has 1 atom stereocenters. The van der Waals surface area contributed by atoms with E-state index in [9.17, 15) is 4.79 Å². The fraction of sp³-hybridized carbons (Fsp3) is 0.917. The van der Waals surface area contributed by atoms with Crippen LogP contribution in [0.2, 0.25) is 0 Å². The first-order chi connectivity index (χ1) is 7.77. The summed E-state index contributed by atoms with van der Waals surface area (Å²) in [5.41, 5.74) is 0. The van der Waals surface area contributed by atoms with E-state index in [4.69, 9.17) is 16.3 Å². The van der Waals surface area contributed by atoms with E-state index in [1.807, 2.05) is 0 Å². The van der Waals surface area contributed by atoms with Crippen molar-refractivity contribution in [2.24, 2.45) is 5.92 Å². The molecule has 0 aromatic heterocycles. The molecule has 1 amide bonds. The lowest BCUT2D eigenvalue weighted by Crippen LogP contribution is -2.42. The number of alkyl halides is 1. The van der Waals surface area contributed by atoms with E-state index in [0.717, 1.165) is 38.9 Å². The fourth-order valence-corrected chi connectivity index (χ4v) is 2.89. The Hall–Kier alpha value is -0.280. The van der Waals surface area contributed by atoms with Crippen molar-refractivity contribution in [2.45, 2.75) is 49.9 Å². The molecule has 2 rings (SSSR count). The average molecular weight is 246 g/mol. The van der Waals surface area contributed by atoms with Crippen molar-refractivity contribution in [1.29, 1.82) is 0 Å². The minimum atomic E-state index is -0.371. The predicted octanol–water partition coefficient (Wildman–Crippen LogP) is 2.08. The summed E-state index contributed by atoms with van der Waals surface area (Å²) < 4.78 is 5.27. The summed E-state index contributed by atoms with van der Waals surface area (Å²) in [6.45, 7) is 1.48. The number of carbonyl (C=O) groups is 1. The highest BCUT2D eigenvalue weighted by Gasteiger charge is 2.29. The molecule has 1 N–H and O–H groups in total. The number of hydrogen-bond acceptors (Lipinski definition) is 2. The van der Waals surface area contributed by atoms with Crippen molar-refractivity contribution >= 4 is 17.5 Å². The summed E-state index contributed by atoms with van der Waals surface area (Å²) in [5, 5.41) is 2.69. The van der Waals surface area contributed by atoms with E-state index in [-0.39, 0.29) is 17.2 Å². The zero-order valence-corrected chi connectivity index (χ0v) is 10.3. The number of amides is 1. The van der Waals surface area contributed by atoms with Gasteiger partial charge in [0.2, 0.25) is 5.91 Å². The maximum Gasteiger partial charge on any atom is 0.238 e. The van der Waals surface area contributed by atoms with Crippen LogP contribution in [0.15, 0.2) is 0 Å². The molecular weight excluding hydrogens is 226 g/mol. The lowest BCUT2D eigenvalue weighted by molar-refractivity contribution is -0.122. The van der Waals surface area contributed by atoms with Crippen LogP contribution in [0, 0.1) is 5.92 Å². The first kappa shape index (κ1) is 12.2. The molecule has 1 saturated carbocycles. The summed E-state index contributed by atoms with van der Waals surface area (Å²) in [7, 11) is 0. The largest absolute Gasteiger partial charge is 0.381 e. The van der Waals surface area contributed by atoms with Crippen LogP contribution < -0.4 is 5.32 Å². The molecule has 0 spiro atoms. The van der Waals surface area contributed by atoms with E-state index < -0.39 is 0 Å². The number of carbonyl (C=O) groups excluding carboxylic acids is 1. The van der Waals surface area contributed by atoms with E-state index in [1.54, 1.807) is 0 Å². The van der Waals surface area contributed by atoms with Crippen LogP contribution >= 0.6 is 11.6 Å². The molecule has 2 aliphatic rings. The summed E-state index contributed by atoms with van der Waals surface area (Å²) in [6, 6.07) is 0.369. The summed E-state index contributed by atoms with van der Waals surface area (Å²) in [6.07, 6.45) is 6.51. The predicted molar refractivity (Wildman–Crippen MR) is 63.6 cm³/mol. The molecule has 16 heavy (non-hydrogen) atoms. The molecular formula is C12H20ClNO2. The van der Waals surface area contributed by atoms with Crippen LogP contribution in [0.1, 0.15) is 38.5 Å². The summed E-state index contributed by atoms with van der Waals surface area (Å²) in [5.74, 6) is 0.317. The number of hydrogen-bond donors (Lipinski definition) is 1. The van der Waals surface area contributed by atoms with Gasteiger partial charge in [-0.3, -0.25) is 4.79 Å². The van der Waals surface area contributed by atoms with Gasteiger partial charge < -0.3 is 10.1 Å². The Morgan fingerprint density at radius 3 is 2.44 bits per heavy atom. The topological polar surface area (TPSA) is 38.3 Å². The average Bonchev–Trinajstić information content (AvgIpc) is 2.82. The molecule has 1 unspecified atom stereocenters.